The number of morpholine rings is 1. The van der Waals surface area contributed by atoms with Crippen LogP contribution in [0.5, 0.6) is 0 Å². The number of anilines is 1. The van der Waals surface area contributed by atoms with E-state index in [0.717, 1.165) is 45.8 Å². The van der Waals surface area contributed by atoms with Crippen LogP contribution in [0.2, 0.25) is 0 Å². The van der Waals surface area contributed by atoms with Gasteiger partial charge in [0.15, 0.2) is 0 Å². The Labute approximate surface area is 131 Å². The third kappa shape index (κ3) is 4.92. The summed E-state index contributed by atoms with van der Waals surface area (Å²) in [6, 6.07) is 0. The van der Waals surface area contributed by atoms with E-state index in [2.05, 4.69) is 20.2 Å². The molecule has 1 aliphatic heterocycles. The zero-order chi connectivity index (χ0) is 15.8. The molecular weight excluding hydrogens is 284 g/mol. The molecule has 0 unspecified atom stereocenters. The van der Waals surface area contributed by atoms with Crippen LogP contribution in [0.1, 0.15) is 29.4 Å². The van der Waals surface area contributed by atoms with Crippen LogP contribution in [0.15, 0.2) is 6.20 Å². The van der Waals surface area contributed by atoms with Crippen LogP contribution in [-0.4, -0.2) is 66.8 Å². The summed E-state index contributed by atoms with van der Waals surface area (Å²) in [6.45, 7) is 9.40. The van der Waals surface area contributed by atoms with Gasteiger partial charge in [-0.2, -0.15) is 0 Å². The van der Waals surface area contributed by atoms with Gasteiger partial charge in [-0.25, -0.2) is 14.8 Å². The van der Waals surface area contributed by atoms with Gasteiger partial charge < -0.3 is 14.8 Å². The molecule has 0 amide bonds. The van der Waals surface area contributed by atoms with Gasteiger partial charge in [-0.3, -0.25) is 4.90 Å². The zero-order valence-corrected chi connectivity index (χ0v) is 13.3. The third-order valence-corrected chi connectivity index (χ3v) is 3.51. The Morgan fingerprint density at radius 3 is 2.91 bits per heavy atom. The zero-order valence-electron chi connectivity index (χ0n) is 13.3. The maximum atomic E-state index is 11.7. The van der Waals surface area contributed by atoms with Gasteiger partial charge >= 0.3 is 5.97 Å². The summed E-state index contributed by atoms with van der Waals surface area (Å²) in [6.07, 6.45) is 2.53. The minimum absolute atomic E-state index is 0.347. The van der Waals surface area contributed by atoms with Crippen molar-refractivity contribution in [2.75, 3.05) is 51.3 Å². The Morgan fingerprint density at radius 1 is 1.45 bits per heavy atom. The second-order valence-corrected chi connectivity index (χ2v) is 5.15. The molecule has 7 nitrogen and oxygen atoms in total. The maximum Gasteiger partial charge on any atom is 0.341 e. The Bertz CT molecular complexity index is 490. The van der Waals surface area contributed by atoms with E-state index in [4.69, 9.17) is 9.47 Å². The Morgan fingerprint density at radius 2 is 2.23 bits per heavy atom. The molecule has 0 aromatic carbocycles. The number of hydrogen-bond donors (Lipinski definition) is 1. The van der Waals surface area contributed by atoms with Crippen LogP contribution in [0.4, 0.5) is 5.95 Å². The summed E-state index contributed by atoms with van der Waals surface area (Å²) in [5, 5.41) is 3.19. The van der Waals surface area contributed by atoms with E-state index in [1.165, 1.54) is 6.20 Å². The van der Waals surface area contributed by atoms with Crippen molar-refractivity contribution in [1.82, 2.24) is 14.9 Å². The van der Waals surface area contributed by atoms with Crippen molar-refractivity contribution >= 4 is 11.9 Å². The minimum Gasteiger partial charge on any atom is -0.462 e. The molecule has 1 saturated heterocycles. The number of carbonyl (C=O) groups excluding carboxylic acids is 1. The fourth-order valence-corrected chi connectivity index (χ4v) is 2.29. The maximum absolute atomic E-state index is 11.7. The average Bonchev–Trinajstić information content (AvgIpc) is 2.53. The van der Waals surface area contributed by atoms with Crippen molar-refractivity contribution in [3.63, 3.8) is 0 Å². The van der Waals surface area contributed by atoms with Crippen molar-refractivity contribution < 1.29 is 14.3 Å². The highest BCUT2D eigenvalue weighted by Gasteiger charge is 2.13. The number of carbonyl (C=O) groups is 1. The predicted octanol–water partition coefficient (Wildman–Crippen LogP) is 1.10. The van der Waals surface area contributed by atoms with E-state index in [-0.39, 0.29) is 5.97 Å². The number of nitrogens with zero attached hydrogens (tertiary/aromatic N) is 3. The van der Waals surface area contributed by atoms with Crippen molar-refractivity contribution in [3.8, 4) is 0 Å². The molecule has 1 aromatic heterocycles. The van der Waals surface area contributed by atoms with Crippen LogP contribution in [-0.2, 0) is 9.47 Å². The number of ether oxygens (including phenoxy) is 2. The molecule has 0 atom stereocenters. The largest absolute Gasteiger partial charge is 0.462 e. The molecule has 122 valence electrons. The topological polar surface area (TPSA) is 76.6 Å². The molecule has 0 radical (unpaired) electrons. The van der Waals surface area contributed by atoms with Crippen molar-refractivity contribution in [1.29, 1.82) is 0 Å². The SMILES string of the molecule is CCOC(=O)c1cnc(NCCCN2CCOCC2)nc1C. The molecule has 2 heterocycles. The fourth-order valence-electron chi connectivity index (χ4n) is 2.29. The van der Waals surface area contributed by atoms with Crippen LogP contribution >= 0.6 is 0 Å². The number of rotatable bonds is 7. The van der Waals surface area contributed by atoms with Gasteiger partial charge in [0.2, 0.25) is 5.95 Å². The van der Waals surface area contributed by atoms with Gasteiger partial charge in [0, 0.05) is 25.8 Å². The van der Waals surface area contributed by atoms with Crippen molar-refractivity contribution in [2.45, 2.75) is 20.3 Å². The van der Waals surface area contributed by atoms with Gasteiger partial charge in [0.25, 0.3) is 0 Å². The van der Waals surface area contributed by atoms with E-state index in [9.17, 15) is 4.79 Å². The lowest BCUT2D eigenvalue weighted by molar-refractivity contribution is 0.0378. The molecule has 2 rings (SSSR count). The number of hydrogen-bond acceptors (Lipinski definition) is 7. The summed E-state index contributed by atoms with van der Waals surface area (Å²) in [5.74, 6) is 0.173. The second-order valence-electron chi connectivity index (χ2n) is 5.15. The molecule has 0 saturated carbocycles. The lowest BCUT2D eigenvalue weighted by Crippen LogP contribution is -2.37. The number of esters is 1. The fraction of sp³-hybridized carbons (Fsp3) is 0.667. The van der Waals surface area contributed by atoms with E-state index in [0.29, 0.717) is 23.8 Å². The van der Waals surface area contributed by atoms with Crippen LogP contribution in [0, 0.1) is 6.92 Å². The van der Waals surface area contributed by atoms with Crippen molar-refractivity contribution in [2.24, 2.45) is 0 Å². The Balaban J connectivity index is 1.75. The predicted molar refractivity (Wildman–Crippen MR) is 83.1 cm³/mol. The van der Waals surface area contributed by atoms with E-state index >= 15 is 0 Å². The molecule has 1 fully saturated rings. The van der Waals surface area contributed by atoms with Crippen molar-refractivity contribution in [3.05, 3.63) is 17.5 Å². The quantitative estimate of drug-likeness (QED) is 0.597. The summed E-state index contributed by atoms with van der Waals surface area (Å²) in [4.78, 5) is 22.5. The molecular formula is C15H24N4O3. The van der Waals surface area contributed by atoms with Crippen LogP contribution in [0.3, 0.4) is 0 Å². The number of nitrogens with one attached hydrogen (secondary N) is 1. The average molecular weight is 308 g/mol. The van der Waals surface area contributed by atoms with E-state index in [1.54, 1.807) is 13.8 Å². The lowest BCUT2D eigenvalue weighted by Gasteiger charge is -2.26. The number of aryl methyl sites for hydroxylation is 1. The van der Waals surface area contributed by atoms with Gasteiger partial charge in [-0.15, -0.1) is 0 Å². The molecule has 1 aromatic rings. The molecule has 22 heavy (non-hydrogen) atoms. The van der Waals surface area contributed by atoms with Gasteiger partial charge in [-0.1, -0.05) is 0 Å². The summed E-state index contributed by atoms with van der Waals surface area (Å²) in [7, 11) is 0. The summed E-state index contributed by atoms with van der Waals surface area (Å²) in [5.41, 5.74) is 1.05. The molecule has 1 N–H and O–H groups in total. The first kappa shape index (κ1) is 16.6. The van der Waals surface area contributed by atoms with Gasteiger partial charge in [0.05, 0.1) is 31.1 Å². The molecule has 0 bridgehead atoms. The van der Waals surface area contributed by atoms with E-state index < -0.39 is 0 Å². The van der Waals surface area contributed by atoms with Gasteiger partial charge in [-0.05, 0) is 26.8 Å². The summed E-state index contributed by atoms with van der Waals surface area (Å²) >= 11 is 0. The van der Waals surface area contributed by atoms with Crippen LogP contribution in [0.25, 0.3) is 0 Å². The second kappa shape index (κ2) is 8.65. The molecule has 7 heteroatoms. The van der Waals surface area contributed by atoms with E-state index in [1.807, 2.05) is 0 Å². The smallest absolute Gasteiger partial charge is 0.341 e. The standard InChI is InChI=1S/C15H24N4O3/c1-3-22-14(20)13-11-17-15(18-12(13)2)16-5-4-6-19-7-9-21-10-8-19/h11H,3-10H2,1-2H3,(H,16,17,18). The highest BCUT2D eigenvalue weighted by molar-refractivity contribution is 5.90. The highest BCUT2D eigenvalue weighted by Crippen LogP contribution is 2.09. The van der Waals surface area contributed by atoms with Gasteiger partial charge in [0.1, 0.15) is 0 Å². The minimum atomic E-state index is -0.376. The molecule has 0 spiro atoms. The molecule has 1 aliphatic rings. The first-order valence-electron chi connectivity index (χ1n) is 7.75. The monoisotopic (exact) mass is 308 g/mol. The first-order chi connectivity index (χ1) is 10.7. The Hall–Kier alpha value is -1.73. The molecule has 0 aliphatic carbocycles. The Kier molecular flexibility index (Phi) is 6.54. The highest BCUT2D eigenvalue weighted by atomic mass is 16.5. The summed E-state index contributed by atoms with van der Waals surface area (Å²) < 4.78 is 10.3. The normalized spacial score (nSPS) is 15.5. The third-order valence-electron chi connectivity index (χ3n) is 3.51. The number of aromatic nitrogens is 2. The lowest BCUT2D eigenvalue weighted by atomic mass is 10.2. The van der Waals surface area contributed by atoms with Crippen LogP contribution < -0.4 is 5.32 Å². The first-order valence-corrected chi connectivity index (χ1v) is 7.75.